The summed E-state index contributed by atoms with van der Waals surface area (Å²) in [5.74, 6) is -2.74. The van der Waals surface area contributed by atoms with Gasteiger partial charge in [0.2, 0.25) is 23.6 Å². The fraction of sp³-hybridized carbons (Fsp3) is 0.625. The number of hydrogen-bond donors (Lipinski definition) is 6. The highest BCUT2D eigenvalue weighted by Crippen LogP contribution is 2.41. The first-order valence-electron chi connectivity index (χ1n) is 16.4. The number of amides is 4. The summed E-state index contributed by atoms with van der Waals surface area (Å²) in [5.41, 5.74) is 17.9. The summed E-state index contributed by atoms with van der Waals surface area (Å²) in [4.78, 5) is 73.4. The van der Waals surface area contributed by atoms with Gasteiger partial charge in [0.1, 0.15) is 24.2 Å². The molecule has 47 heavy (non-hydrogen) atoms. The average Bonchev–Trinajstić information content (AvgIpc) is 3.68. The third-order valence-electron chi connectivity index (χ3n) is 9.47. The second kappa shape index (κ2) is 16.4. The van der Waals surface area contributed by atoms with Crippen LogP contribution in [0.25, 0.3) is 0 Å². The number of rotatable bonds is 13. The van der Waals surface area contributed by atoms with Crippen molar-refractivity contribution in [2.24, 2.45) is 28.1 Å². The number of carboxylic acid groups (broad SMARTS) is 1. The van der Waals surface area contributed by atoms with E-state index in [0.29, 0.717) is 45.2 Å². The van der Waals surface area contributed by atoms with E-state index in [1.165, 1.54) is 11.8 Å². The van der Waals surface area contributed by atoms with Crippen LogP contribution in [0.4, 0.5) is 0 Å². The molecule has 2 saturated heterocycles. The van der Waals surface area contributed by atoms with Crippen LogP contribution in [0.15, 0.2) is 33.7 Å². The molecule has 0 unspecified atom stereocenters. The van der Waals surface area contributed by atoms with Crippen LogP contribution in [0.2, 0.25) is 0 Å². The first-order valence-corrected chi connectivity index (χ1v) is 17.2. The number of likely N-dealkylation sites (tertiary alicyclic amines) is 2. The zero-order chi connectivity index (χ0) is 34.2. The van der Waals surface area contributed by atoms with Crippen molar-refractivity contribution in [1.82, 2.24) is 20.4 Å². The van der Waals surface area contributed by atoms with E-state index in [1.54, 1.807) is 29.2 Å². The van der Waals surface area contributed by atoms with Gasteiger partial charge in [-0.25, -0.2) is 4.79 Å². The molecule has 4 rings (SSSR count). The van der Waals surface area contributed by atoms with Crippen LogP contribution >= 0.6 is 15.9 Å². The summed E-state index contributed by atoms with van der Waals surface area (Å²) >= 11 is 3.34. The average molecular weight is 720 g/mol. The van der Waals surface area contributed by atoms with Crippen LogP contribution < -0.4 is 27.8 Å². The van der Waals surface area contributed by atoms with Gasteiger partial charge in [-0.05, 0) is 75.5 Å². The van der Waals surface area contributed by atoms with Crippen molar-refractivity contribution in [2.45, 2.75) is 107 Å². The monoisotopic (exact) mass is 718 g/mol. The zero-order valence-corrected chi connectivity index (χ0v) is 28.4. The van der Waals surface area contributed by atoms with Gasteiger partial charge >= 0.3 is 5.97 Å². The molecule has 1 saturated carbocycles. The summed E-state index contributed by atoms with van der Waals surface area (Å²) < 4.78 is 0.845. The summed E-state index contributed by atoms with van der Waals surface area (Å²) in [6, 6.07) is 2.44. The molecular formula is C32H47BrN8O6. The molecule has 2 aliphatic heterocycles. The van der Waals surface area contributed by atoms with Gasteiger partial charge < -0.3 is 42.7 Å². The molecular weight excluding hydrogens is 672 g/mol. The third kappa shape index (κ3) is 9.21. The van der Waals surface area contributed by atoms with Gasteiger partial charge in [0.05, 0.1) is 6.04 Å². The molecule has 0 bridgehead atoms. The summed E-state index contributed by atoms with van der Waals surface area (Å²) in [7, 11) is 0. The van der Waals surface area contributed by atoms with E-state index in [0.717, 1.165) is 35.7 Å². The predicted octanol–water partition coefficient (Wildman–Crippen LogP) is 0.597. The Kier molecular flexibility index (Phi) is 12.6. The summed E-state index contributed by atoms with van der Waals surface area (Å²) in [6.45, 7) is 2.18. The quantitative estimate of drug-likeness (QED) is 0.0952. The number of hydrogen-bond acceptors (Lipinski definition) is 7. The first-order chi connectivity index (χ1) is 22.4. The first kappa shape index (κ1) is 36.1. The van der Waals surface area contributed by atoms with Crippen molar-refractivity contribution in [1.29, 1.82) is 0 Å². The summed E-state index contributed by atoms with van der Waals surface area (Å²) in [6.07, 6.45) is 6.20. The number of carbonyl (C=O) groups is 5. The SMILES string of the molecule is C[C@@H](NC(=O)[C@@H]1CCCN1C(=O)[C@@H]1C[C@@H]2CCCC[C@@H]2N1C(=O)[C@H](N)CCCN=C(N)N)C(=O)N[C@@H](Cc1ccc(Br)cc1)C(=O)O. The number of aliphatic imine (C=N–C) groups is 1. The van der Waals surface area contributed by atoms with E-state index in [9.17, 15) is 29.1 Å². The summed E-state index contributed by atoms with van der Waals surface area (Å²) in [5, 5.41) is 14.9. The van der Waals surface area contributed by atoms with Gasteiger partial charge in [0.25, 0.3) is 0 Å². The Morgan fingerprint density at radius 2 is 1.72 bits per heavy atom. The second-order valence-electron chi connectivity index (χ2n) is 12.8. The molecule has 2 heterocycles. The van der Waals surface area contributed by atoms with Crippen LogP contribution in [0.1, 0.15) is 70.3 Å². The molecule has 3 fully saturated rings. The molecule has 15 heteroatoms. The number of carbonyl (C=O) groups excluding carboxylic acids is 4. The van der Waals surface area contributed by atoms with Gasteiger partial charge in [-0.2, -0.15) is 0 Å². The Morgan fingerprint density at radius 3 is 2.40 bits per heavy atom. The molecule has 1 aromatic carbocycles. The number of nitrogens with zero attached hydrogens (tertiary/aromatic N) is 3. The lowest BCUT2D eigenvalue weighted by Crippen LogP contribution is -2.58. The molecule has 9 N–H and O–H groups in total. The van der Waals surface area contributed by atoms with Gasteiger partial charge in [-0.3, -0.25) is 24.2 Å². The van der Waals surface area contributed by atoms with E-state index in [2.05, 4.69) is 31.6 Å². The highest BCUT2D eigenvalue weighted by Gasteiger charge is 2.51. The van der Waals surface area contributed by atoms with Crippen molar-refractivity contribution in [3.8, 4) is 0 Å². The maximum absolute atomic E-state index is 14.1. The predicted molar refractivity (Wildman–Crippen MR) is 179 cm³/mol. The Hall–Kier alpha value is -3.72. The molecule has 0 radical (unpaired) electrons. The fourth-order valence-corrected chi connectivity index (χ4v) is 7.32. The number of fused-ring (bicyclic) bond motifs is 1. The highest BCUT2D eigenvalue weighted by molar-refractivity contribution is 9.10. The third-order valence-corrected chi connectivity index (χ3v) is 10.00. The topological polar surface area (TPSA) is 227 Å². The van der Waals surface area contributed by atoms with Crippen molar-refractivity contribution in [3.05, 3.63) is 34.3 Å². The minimum absolute atomic E-state index is 0.0273. The van der Waals surface area contributed by atoms with Crippen molar-refractivity contribution >= 4 is 51.5 Å². The van der Waals surface area contributed by atoms with Crippen LogP contribution in [-0.4, -0.2) is 99.8 Å². The molecule has 14 nitrogen and oxygen atoms in total. The molecule has 7 atom stereocenters. The van der Waals surface area contributed by atoms with Crippen molar-refractivity contribution in [2.75, 3.05) is 13.1 Å². The number of aliphatic carboxylic acids is 1. The standard InChI is InChI=1S/C32H47BrN8O6/c1-18(27(42)39-23(31(46)47)16-19-10-12-21(33)13-11-19)38-28(43)25-9-5-15-40(25)30(45)26-17-20-6-2-3-8-24(20)41(26)29(44)22(34)7-4-14-37-32(35)36/h10-13,18,20,22-26H,2-9,14-17,34H2,1H3,(H,38,43)(H,39,42)(H,46,47)(H4,35,36,37)/t18-,20+,22-,23+,24+,25+,26+/m1/s1. The van der Waals surface area contributed by atoms with E-state index in [-0.39, 0.29) is 36.2 Å². The number of benzene rings is 1. The number of halogens is 1. The Morgan fingerprint density at radius 1 is 1.02 bits per heavy atom. The van der Waals surface area contributed by atoms with Gasteiger partial charge in [-0.15, -0.1) is 0 Å². The fourth-order valence-electron chi connectivity index (χ4n) is 7.05. The molecule has 1 aliphatic carbocycles. The number of carboxylic acids is 1. The molecule has 0 spiro atoms. The smallest absolute Gasteiger partial charge is 0.326 e. The van der Waals surface area contributed by atoms with E-state index < -0.39 is 48.0 Å². The zero-order valence-electron chi connectivity index (χ0n) is 26.8. The van der Waals surface area contributed by atoms with Crippen LogP contribution in [-0.2, 0) is 30.4 Å². The second-order valence-corrected chi connectivity index (χ2v) is 13.7. The molecule has 258 valence electrons. The lowest BCUT2D eigenvalue weighted by Gasteiger charge is -2.37. The van der Waals surface area contributed by atoms with Crippen LogP contribution in [0.3, 0.4) is 0 Å². The normalized spacial score (nSPS) is 24.1. The Labute approximate surface area is 283 Å². The van der Waals surface area contributed by atoms with Crippen LogP contribution in [0, 0.1) is 5.92 Å². The minimum Gasteiger partial charge on any atom is -0.480 e. The maximum atomic E-state index is 14.1. The lowest BCUT2D eigenvalue weighted by atomic mass is 9.84. The largest absolute Gasteiger partial charge is 0.480 e. The molecule has 1 aromatic rings. The van der Waals surface area contributed by atoms with Crippen LogP contribution in [0.5, 0.6) is 0 Å². The van der Waals surface area contributed by atoms with Gasteiger partial charge in [-0.1, -0.05) is 40.9 Å². The van der Waals surface area contributed by atoms with Gasteiger partial charge in [0.15, 0.2) is 5.96 Å². The van der Waals surface area contributed by atoms with E-state index >= 15 is 0 Å². The molecule has 3 aliphatic rings. The van der Waals surface area contributed by atoms with Gasteiger partial charge in [0, 0.05) is 30.0 Å². The number of guanidine groups is 1. The van der Waals surface area contributed by atoms with E-state index in [4.69, 9.17) is 17.2 Å². The van der Waals surface area contributed by atoms with Crippen molar-refractivity contribution in [3.63, 3.8) is 0 Å². The Balaban J connectivity index is 1.40. The number of nitrogens with two attached hydrogens (primary N) is 3. The molecule has 4 amide bonds. The van der Waals surface area contributed by atoms with E-state index in [1.807, 2.05) is 0 Å². The number of nitrogens with one attached hydrogen (secondary N) is 2. The minimum atomic E-state index is -1.20. The Bertz CT molecular complexity index is 1340. The maximum Gasteiger partial charge on any atom is 0.326 e. The lowest BCUT2D eigenvalue weighted by molar-refractivity contribution is -0.149. The van der Waals surface area contributed by atoms with Crippen molar-refractivity contribution < 1.29 is 29.1 Å². The molecule has 0 aromatic heterocycles. The highest BCUT2D eigenvalue weighted by atomic mass is 79.9.